The van der Waals surface area contributed by atoms with Crippen LogP contribution in [0.3, 0.4) is 0 Å². The SMILES string of the molecule is CCCC/C(F)=C(\F)c1ccc([C@H]2CC[C@H](C3CCC(CCC)CC3)CC2)cc1F. The van der Waals surface area contributed by atoms with Crippen LogP contribution in [0.1, 0.15) is 114 Å². The molecule has 0 bridgehead atoms. The van der Waals surface area contributed by atoms with Crippen LogP contribution < -0.4 is 0 Å². The van der Waals surface area contributed by atoms with Gasteiger partial charge in [-0.05, 0) is 86.3 Å². The molecule has 3 heteroatoms. The molecule has 30 heavy (non-hydrogen) atoms. The number of hydrogen-bond acceptors (Lipinski definition) is 0. The number of unbranched alkanes of at least 4 members (excludes halogenated alkanes) is 1. The largest absolute Gasteiger partial charge is 0.209 e. The van der Waals surface area contributed by atoms with Crippen LogP contribution in [0.5, 0.6) is 0 Å². The van der Waals surface area contributed by atoms with Gasteiger partial charge in [-0.15, -0.1) is 0 Å². The van der Waals surface area contributed by atoms with Gasteiger partial charge in [0.2, 0.25) is 0 Å². The number of allylic oxidation sites excluding steroid dienone is 1. The van der Waals surface area contributed by atoms with Crippen LogP contribution in [0, 0.1) is 23.6 Å². The van der Waals surface area contributed by atoms with E-state index in [9.17, 15) is 13.2 Å². The molecule has 0 amide bonds. The van der Waals surface area contributed by atoms with E-state index in [0.29, 0.717) is 12.3 Å². The zero-order valence-electron chi connectivity index (χ0n) is 18.9. The normalized spacial score (nSPS) is 28.3. The van der Waals surface area contributed by atoms with Crippen molar-refractivity contribution < 1.29 is 13.2 Å². The Kier molecular flexibility index (Phi) is 8.89. The molecule has 0 N–H and O–H groups in total. The van der Waals surface area contributed by atoms with E-state index in [1.807, 2.05) is 13.0 Å². The zero-order valence-corrected chi connectivity index (χ0v) is 18.9. The Bertz CT molecular complexity index is 692. The molecule has 2 aliphatic carbocycles. The molecule has 0 saturated heterocycles. The highest BCUT2D eigenvalue weighted by Crippen LogP contribution is 2.44. The molecular formula is C27H39F3. The van der Waals surface area contributed by atoms with E-state index >= 15 is 0 Å². The lowest BCUT2D eigenvalue weighted by Crippen LogP contribution is -2.25. The Morgan fingerprint density at radius 1 is 0.867 bits per heavy atom. The van der Waals surface area contributed by atoms with Crippen molar-refractivity contribution in [1.82, 2.24) is 0 Å². The van der Waals surface area contributed by atoms with E-state index in [1.165, 1.54) is 63.5 Å². The van der Waals surface area contributed by atoms with Crippen molar-refractivity contribution in [3.8, 4) is 0 Å². The van der Waals surface area contributed by atoms with Gasteiger partial charge in [0.25, 0.3) is 0 Å². The molecule has 0 heterocycles. The minimum Gasteiger partial charge on any atom is -0.209 e. The van der Waals surface area contributed by atoms with Crippen LogP contribution in [0.4, 0.5) is 13.2 Å². The number of halogens is 3. The number of hydrogen-bond donors (Lipinski definition) is 0. The Morgan fingerprint density at radius 2 is 1.50 bits per heavy atom. The zero-order chi connectivity index (χ0) is 21.5. The highest BCUT2D eigenvalue weighted by molar-refractivity contribution is 5.61. The smallest absolute Gasteiger partial charge is 0.164 e. The maximum Gasteiger partial charge on any atom is 0.164 e. The van der Waals surface area contributed by atoms with Crippen molar-refractivity contribution in [3.63, 3.8) is 0 Å². The van der Waals surface area contributed by atoms with Gasteiger partial charge >= 0.3 is 0 Å². The van der Waals surface area contributed by atoms with E-state index in [-0.39, 0.29) is 12.0 Å². The first-order valence-corrected chi connectivity index (χ1v) is 12.4. The average molecular weight is 421 g/mol. The van der Waals surface area contributed by atoms with Crippen LogP contribution in [0.15, 0.2) is 24.0 Å². The highest BCUT2D eigenvalue weighted by Gasteiger charge is 2.31. The second-order valence-corrected chi connectivity index (χ2v) is 9.74. The molecule has 0 spiro atoms. The van der Waals surface area contributed by atoms with Gasteiger partial charge in [0.1, 0.15) is 11.6 Å². The molecule has 2 fully saturated rings. The molecule has 0 aliphatic heterocycles. The molecule has 0 nitrogen and oxygen atoms in total. The van der Waals surface area contributed by atoms with E-state index < -0.39 is 17.5 Å². The standard InChI is InChI=1S/C27H39F3/c1-3-5-7-25(28)27(30)24-17-16-23(18-26(24)29)22-14-12-21(13-15-22)20-10-8-19(6-4-2)9-11-20/h16-22H,3-15H2,1-2H3/b27-25+/t19?,20?,21-,22-. The van der Waals surface area contributed by atoms with Gasteiger partial charge in [-0.3, -0.25) is 0 Å². The van der Waals surface area contributed by atoms with Gasteiger partial charge in [0, 0.05) is 12.0 Å². The fourth-order valence-corrected chi connectivity index (χ4v) is 5.83. The second kappa shape index (κ2) is 11.4. The Balaban J connectivity index is 1.55. The summed E-state index contributed by atoms with van der Waals surface area (Å²) in [6.45, 7) is 4.21. The lowest BCUT2D eigenvalue weighted by molar-refractivity contribution is 0.156. The van der Waals surface area contributed by atoms with Gasteiger partial charge < -0.3 is 0 Å². The van der Waals surface area contributed by atoms with E-state index in [1.54, 1.807) is 0 Å². The number of benzene rings is 1. The summed E-state index contributed by atoms with van der Waals surface area (Å²) in [6, 6.07) is 4.70. The van der Waals surface area contributed by atoms with E-state index in [2.05, 4.69) is 6.92 Å². The summed E-state index contributed by atoms with van der Waals surface area (Å²) in [5, 5.41) is 0. The van der Waals surface area contributed by atoms with Crippen molar-refractivity contribution >= 4 is 5.83 Å². The van der Waals surface area contributed by atoms with Crippen molar-refractivity contribution in [2.24, 2.45) is 17.8 Å². The molecule has 1 aromatic carbocycles. The third-order valence-electron chi connectivity index (χ3n) is 7.72. The molecule has 1 aromatic rings. The predicted molar refractivity (Wildman–Crippen MR) is 120 cm³/mol. The van der Waals surface area contributed by atoms with Crippen LogP contribution in [-0.4, -0.2) is 0 Å². The molecule has 0 radical (unpaired) electrons. The third kappa shape index (κ3) is 5.92. The first kappa shape index (κ1) is 23.4. The maximum atomic E-state index is 14.6. The van der Waals surface area contributed by atoms with Crippen LogP contribution in [-0.2, 0) is 0 Å². The number of rotatable bonds is 8. The third-order valence-corrected chi connectivity index (χ3v) is 7.72. The average Bonchev–Trinajstić information content (AvgIpc) is 2.78. The van der Waals surface area contributed by atoms with Crippen molar-refractivity contribution in [2.45, 2.75) is 103 Å². The predicted octanol–water partition coefficient (Wildman–Crippen LogP) is 9.50. The minimum absolute atomic E-state index is 0.0356. The van der Waals surface area contributed by atoms with Gasteiger partial charge in [0.15, 0.2) is 5.83 Å². The summed E-state index contributed by atoms with van der Waals surface area (Å²) >= 11 is 0. The van der Waals surface area contributed by atoms with Crippen molar-refractivity contribution in [1.29, 1.82) is 0 Å². The first-order chi connectivity index (χ1) is 14.5. The van der Waals surface area contributed by atoms with E-state index in [4.69, 9.17) is 0 Å². The maximum absolute atomic E-state index is 14.6. The summed E-state index contributed by atoms with van der Waals surface area (Å²) in [5.74, 6) is 0.494. The Morgan fingerprint density at radius 3 is 2.07 bits per heavy atom. The fraction of sp³-hybridized carbons (Fsp3) is 0.704. The summed E-state index contributed by atoms with van der Waals surface area (Å²) in [6.07, 6.45) is 14.3. The van der Waals surface area contributed by atoms with Crippen LogP contribution in [0.2, 0.25) is 0 Å². The molecular weight excluding hydrogens is 381 g/mol. The van der Waals surface area contributed by atoms with Gasteiger partial charge in [-0.1, -0.05) is 52.0 Å². The van der Waals surface area contributed by atoms with Crippen LogP contribution >= 0.6 is 0 Å². The molecule has 168 valence electrons. The second-order valence-electron chi connectivity index (χ2n) is 9.74. The molecule has 2 aliphatic rings. The van der Waals surface area contributed by atoms with Gasteiger partial charge in [-0.2, -0.15) is 0 Å². The minimum atomic E-state index is -1.03. The Hall–Kier alpha value is -1.25. The summed E-state index contributed by atoms with van der Waals surface area (Å²) in [4.78, 5) is 0. The summed E-state index contributed by atoms with van der Waals surface area (Å²) in [7, 11) is 0. The monoisotopic (exact) mass is 420 g/mol. The molecule has 0 unspecified atom stereocenters. The van der Waals surface area contributed by atoms with Crippen molar-refractivity contribution in [2.75, 3.05) is 0 Å². The lowest BCUT2D eigenvalue weighted by Gasteiger charge is -2.38. The van der Waals surface area contributed by atoms with Gasteiger partial charge in [-0.25, -0.2) is 13.2 Å². The van der Waals surface area contributed by atoms with Crippen molar-refractivity contribution in [3.05, 3.63) is 41.0 Å². The van der Waals surface area contributed by atoms with Crippen LogP contribution in [0.25, 0.3) is 5.83 Å². The first-order valence-electron chi connectivity index (χ1n) is 12.4. The van der Waals surface area contributed by atoms with Gasteiger partial charge in [0.05, 0.1) is 0 Å². The fourth-order valence-electron chi connectivity index (χ4n) is 5.83. The van der Waals surface area contributed by atoms with E-state index in [0.717, 1.165) is 42.6 Å². The summed E-state index contributed by atoms with van der Waals surface area (Å²) < 4.78 is 42.8. The highest BCUT2D eigenvalue weighted by atomic mass is 19.2. The Labute approximate surface area is 181 Å². The lowest BCUT2D eigenvalue weighted by atomic mass is 9.68. The quantitative estimate of drug-likeness (QED) is 0.393. The topological polar surface area (TPSA) is 0 Å². The molecule has 2 saturated carbocycles. The molecule has 3 rings (SSSR count). The molecule has 0 atom stereocenters. The summed E-state index contributed by atoms with van der Waals surface area (Å²) in [5.41, 5.74) is 0.716. The molecule has 0 aromatic heterocycles.